The van der Waals surface area contributed by atoms with Gasteiger partial charge in [0.05, 0.1) is 0 Å². The van der Waals surface area contributed by atoms with Crippen LogP contribution in [0.1, 0.15) is 31.1 Å². The standard InChI is InChI=1S/C18H26N2O.ClH/c1-3-19-12-15-8-10-20(11-9-15)13-17-14(2)21-18-7-5-4-6-16(17)18;/h4-7,15,19H,3,8-13H2,1-2H3;1H. The molecule has 3 rings (SSSR count). The molecular weight excluding hydrogens is 296 g/mol. The summed E-state index contributed by atoms with van der Waals surface area (Å²) in [5, 5.41) is 4.76. The zero-order valence-electron chi connectivity index (χ0n) is 13.6. The summed E-state index contributed by atoms with van der Waals surface area (Å²) >= 11 is 0. The SMILES string of the molecule is CCNCC1CCN(Cc2c(C)oc3ccccc23)CC1.Cl. The lowest BCUT2D eigenvalue weighted by Gasteiger charge is -2.32. The Bertz CT molecular complexity index is 588. The van der Waals surface area contributed by atoms with E-state index in [0.717, 1.165) is 30.4 Å². The second kappa shape index (κ2) is 8.00. The van der Waals surface area contributed by atoms with Crippen LogP contribution in [-0.4, -0.2) is 31.1 Å². The van der Waals surface area contributed by atoms with E-state index in [2.05, 4.69) is 42.3 Å². The molecule has 2 aromatic rings. The lowest BCUT2D eigenvalue weighted by atomic mass is 9.96. The van der Waals surface area contributed by atoms with E-state index < -0.39 is 0 Å². The van der Waals surface area contributed by atoms with Gasteiger partial charge in [-0.05, 0) is 57.9 Å². The first kappa shape index (κ1) is 17.3. The minimum Gasteiger partial charge on any atom is -0.461 e. The summed E-state index contributed by atoms with van der Waals surface area (Å²) in [5.41, 5.74) is 2.39. The lowest BCUT2D eigenvalue weighted by molar-refractivity contribution is 0.175. The fourth-order valence-corrected chi connectivity index (χ4v) is 3.34. The highest BCUT2D eigenvalue weighted by Crippen LogP contribution is 2.28. The predicted molar refractivity (Wildman–Crippen MR) is 94.7 cm³/mol. The van der Waals surface area contributed by atoms with E-state index in [-0.39, 0.29) is 12.4 Å². The average molecular weight is 323 g/mol. The number of nitrogens with zero attached hydrogens (tertiary/aromatic N) is 1. The fourth-order valence-electron chi connectivity index (χ4n) is 3.34. The number of rotatable bonds is 5. The Hall–Kier alpha value is -1.03. The highest BCUT2D eigenvalue weighted by molar-refractivity contribution is 5.85. The van der Waals surface area contributed by atoms with E-state index in [1.807, 2.05) is 6.07 Å². The van der Waals surface area contributed by atoms with Gasteiger partial charge in [-0.2, -0.15) is 0 Å². The van der Waals surface area contributed by atoms with E-state index >= 15 is 0 Å². The van der Waals surface area contributed by atoms with Crippen LogP contribution in [0.2, 0.25) is 0 Å². The van der Waals surface area contributed by atoms with Crippen LogP contribution >= 0.6 is 12.4 Å². The molecule has 1 fully saturated rings. The molecule has 1 aliphatic heterocycles. The lowest BCUT2D eigenvalue weighted by Crippen LogP contribution is -2.36. The number of aryl methyl sites for hydroxylation is 1. The number of hydrogen-bond donors (Lipinski definition) is 1. The van der Waals surface area contributed by atoms with E-state index in [1.54, 1.807) is 0 Å². The summed E-state index contributed by atoms with van der Waals surface area (Å²) in [6.07, 6.45) is 2.61. The largest absolute Gasteiger partial charge is 0.461 e. The summed E-state index contributed by atoms with van der Waals surface area (Å²) < 4.78 is 5.88. The van der Waals surface area contributed by atoms with Crippen LogP contribution in [0.4, 0.5) is 0 Å². The number of likely N-dealkylation sites (tertiary alicyclic amines) is 1. The number of halogens is 1. The van der Waals surface area contributed by atoms with Gasteiger partial charge in [0.15, 0.2) is 0 Å². The molecule has 1 aliphatic rings. The Labute approximate surface area is 139 Å². The van der Waals surface area contributed by atoms with Gasteiger partial charge in [0.2, 0.25) is 0 Å². The molecule has 2 heterocycles. The van der Waals surface area contributed by atoms with Crippen molar-refractivity contribution in [2.24, 2.45) is 5.92 Å². The smallest absolute Gasteiger partial charge is 0.134 e. The van der Waals surface area contributed by atoms with Crippen molar-refractivity contribution in [3.05, 3.63) is 35.6 Å². The normalized spacial score (nSPS) is 16.8. The molecular formula is C18H27ClN2O. The number of piperidine rings is 1. The first-order chi connectivity index (χ1) is 10.3. The maximum Gasteiger partial charge on any atom is 0.134 e. The number of para-hydroxylation sites is 1. The van der Waals surface area contributed by atoms with Crippen molar-refractivity contribution in [1.82, 2.24) is 10.2 Å². The van der Waals surface area contributed by atoms with Gasteiger partial charge in [-0.25, -0.2) is 0 Å². The number of hydrogen-bond acceptors (Lipinski definition) is 3. The number of benzene rings is 1. The molecule has 1 aromatic carbocycles. The highest BCUT2D eigenvalue weighted by Gasteiger charge is 2.21. The van der Waals surface area contributed by atoms with Crippen LogP contribution in [-0.2, 0) is 6.54 Å². The molecule has 3 nitrogen and oxygen atoms in total. The monoisotopic (exact) mass is 322 g/mol. The molecule has 0 atom stereocenters. The minimum atomic E-state index is 0. The third-order valence-corrected chi connectivity index (χ3v) is 4.67. The summed E-state index contributed by atoms with van der Waals surface area (Å²) in [6, 6.07) is 8.39. The van der Waals surface area contributed by atoms with E-state index in [4.69, 9.17) is 4.42 Å². The molecule has 1 N–H and O–H groups in total. The zero-order valence-corrected chi connectivity index (χ0v) is 14.4. The average Bonchev–Trinajstić information content (AvgIpc) is 2.83. The third-order valence-electron chi connectivity index (χ3n) is 4.67. The van der Waals surface area contributed by atoms with Crippen molar-refractivity contribution >= 4 is 23.4 Å². The summed E-state index contributed by atoms with van der Waals surface area (Å²) in [4.78, 5) is 2.58. The molecule has 4 heteroatoms. The molecule has 0 amide bonds. The van der Waals surface area contributed by atoms with Gasteiger partial charge >= 0.3 is 0 Å². The Morgan fingerprint density at radius 2 is 1.95 bits per heavy atom. The summed E-state index contributed by atoms with van der Waals surface area (Å²) in [7, 11) is 0. The van der Waals surface area contributed by atoms with Crippen molar-refractivity contribution in [3.63, 3.8) is 0 Å². The molecule has 0 saturated carbocycles. The Balaban J connectivity index is 0.00000176. The van der Waals surface area contributed by atoms with Crippen molar-refractivity contribution in [2.75, 3.05) is 26.2 Å². The number of fused-ring (bicyclic) bond motifs is 1. The van der Waals surface area contributed by atoms with E-state index in [1.165, 1.54) is 43.4 Å². The van der Waals surface area contributed by atoms with E-state index in [0.29, 0.717) is 0 Å². The van der Waals surface area contributed by atoms with Crippen molar-refractivity contribution in [1.29, 1.82) is 0 Å². The number of nitrogens with one attached hydrogen (secondary N) is 1. The first-order valence-corrected chi connectivity index (χ1v) is 8.18. The molecule has 0 aliphatic carbocycles. The van der Waals surface area contributed by atoms with Gasteiger partial charge in [0.1, 0.15) is 11.3 Å². The molecule has 22 heavy (non-hydrogen) atoms. The molecule has 122 valence electrons. The highest BCUT2D eigenvalue weighted by atomic mass is 35.5. The van der Waals surface area contributed by atoms with Gasteiger partial charge in [0.25, 0.3) is 0 Å². The maximum atomic E-state index is 5.88. The van der Waals surface area contributed by atoms with E-state index in [9.17, 15) is 0 Å². The van der Waals surface area contributed by atoms with Gasteiger partial charge in [-0.15, -0.1) is 12.4 Å². The quantitative estimate of drug-likeness (QED) is 0.902. The maximum absolute atomic E-state index is 5.88. The van der Waals surface area contributed by atoms with Crippen LogP contribution in [0.5, 0.6) is 0 Å². The van der Waals surface area contributed by atoms with Gasteiger partial charge in [-0.1, -0.05) is 25.1 Å². The third kappa shape index (κ3) is 3.83. The molecule has 1 saturated heterocycles. The molecule has 0 spiro atoms. The summed E-state index contributed by atoms with van der Waals surface area (Å²) in [6.45, 7) is 9.97. The van der Waals surface area contributed by atoms with Crippen LogP contribution in [0.3, 0.4) is 0 Å². The minimum absolute atomic E-state index is 0. The second-order valence-electron chi connectivity index (χ2n) is 6.16. The Kier molecular flexibility index (Phi) is 6.30. The first-order valence-electron chi connectivity index (χ1n) is 8.18. The van der Waals surface area contributed by atoms with Crippen LogP contribution in [0, 0.1) is 12.8 Å². The molecule has 0 radical (unpaired) electrons. The molecule has 1 aromatic heterocycles. The Morgan fingerprint density at radius 3 is 2.68 bits per heavy atom. The van der Waals surface area contributed by atoms with Crippen LogP contribution in [0.15, 0.2) is 28.7 Å². The van der Waals surface area contributed by atoms with Crippen molar-refractivity contribution in [3.8, 4) is 0 Å². The fraction of sp³-hybridized carbons (Fsp3) is 0.556. The van der Waals surface area contributed by atoms with Gasteiger partial charge < -0.3 is 9.73 Å². The number of furan rings is 1. The Morgan fingerprint density at radius 1 is 1.23 bits per heavy atom. The predicted octanol–water partition coefficient (Wildman–Crippen LogP) is 3.98. The van der Waals surface area contributed by atoms with Crippen LogP contribution in [0.25, 0.3) is 11.0 Å². The molecule has 0 bridgehead atoms. The topological polar surface area (TPSA) is 28.4 Å². The summed E-state index contributed by atoms with van der Waals surface area (Å²) in [5.74, 6) is 1.93. The van der Waals surface area contributed by atoms with Gasteiger partial charge in [-0.3, -0.25) is 4.90 Å². The van der Waals surface area contributed by atoms with Gasteiger partial charge in [0, 0.05) is 17.5 Å². The van der Waals surface area contributed by atoms with Crippen molar-refractivity contribution < 1.29 is 4.42 Å². The molecule has 0 unspecified atom stereocenters. The van der Waals surface area contributed by atoms with Crippen LogP contribution < -0.4 is 5.32 Å². The second-order valence-corrected chi connectivity index (χ2v) is 6.16. The zero-order chi connectivity index (χ0) is 14.7. The van der Waals surface area contributed by atoms with Crippen molar-refractivity contribution in [2.45, 2.75) is 33.2 Å².